The summed E-state index contributed by atoms with van der Waals surface area (Å²) in [4.78, 5) is 11.5. The summed E-state index contributed by atoms with van der Waals surface area (Å²) in [7, 11) is 0. The molecule has 0 heterocycles. The van der Waals surface area contributed by atoms with Gasteiger partial charge >= 0.3 is 6.09 Å². The molecule has 1 aliphatic carbocycles. The van der Waals surface area contributed by atoms with Gasteiger partial charge in [0.2, 0.25) is 0 Å². The molecule has 0 bridgehead atoms. The van der Waals surface area contributed by atoms with Gasteiger partial charge < -0.3 is 14.9 Å². The summed E-state index contributed by atoms with van der Waals surface area (Å²) in [6.45, 7) is 5.25. The number of carbonyl (C=O) groups is 1. The number of aliphatic hydroxyl groups is 2. The standard InChI is InChI=1S/C15H29NO4/c1-15(2,3)20-14(19)16-13(18)12(17)10-9-11-7-5-4-6-8-11/h11-13,17-18H,4-10H2,1-3H3,(H,16,19)/t12?,13-/m0/s1. The SMILES string of the molecule is CC(C)(C)OC(=O)N[C@@H](O)C(O)CCC1CCCCC1. The third-order valence-corrected chi connectivity index (χ3v) is 3.62. The van der Waals surface area contributed by atoms with Gasteiger partial charge in [-0.2, -0.15) is 0 Å². The van der Waals surface area contributed by atoms with Gasteiger partial charge in [0.1, 0.15) is 5.60 Å². The van der Waals surface area contributed by atoms with Gasteiger partial charge in [0.15, 0.2) is 6.23 Å². The summed E-state index contributed by atoms with van der Waals surface area (Å²) in [5.41, 5.74) is -0.614. The lowest BCUT2D eigenvalue weighted by Crippen LogP contribution is -2.45. The molecule has 0 spiro atoms. The zero-order valence-corrected chi connectivity index (χ0v) is 12.9. The van der Waals surface area contributed by atoms with Crippen LogP contribution >= 0.6 is 0 Å². The lowest BCUT2D eigenvalue weighted by atomic mass is 9.85. The summed E-state index contributed by atoms with van der Waals surface area (Å²) in [6, 6.07) is 0. The first-order valence-corrected chi connectivity index (χ1v) is 7.63. The lowest BCUT2D eigenvalue weighted by molar-refractivity contribution is -0.0201. The van der Waals surface area contributed by atoms with E-state index in [0.29, 0.717) is 12.3 Å². The van der Waals surface area contributed by atoms with Gasteiger partial charge in [-0.05, 0) is 39.5 Å². The van der Waals surface area contributed by atoms with Crippen LogP contribution in [0, 0.1) is 5.92 Å². The number of rotatable bonds is 5. The second kappa shape index (κ2) is 7.84. The fraction of sp³-hybridized carbons (Fsp3) is 0.933. The Morgan fingerprint density at radius 2 is 1.85 bits per heavy atom. The third kappa shape index (κ3) is 7.10. The second-order valence-electron chi connectivity index (χ2n) is 6.74. The molecule has 3 N–H and O–H groups in total. The number of ether oxygens (including phenoxy) is 1. The topological polar surface area (TPSA) is 78.8 Å². The van der Waals surface area contributed by atoms with Crippen LogP contribution in [0.2, 0.25) is 0 Å². The molecular weight excluding hydrogens is 258 g/mol. The van der Waals surface area contributed by atoms with Gasteiger partial charge in [-0.25, -0.2) is 4.79 Å². The van der Waals surface area contributed by atoms with Crippen molar-refractivity contribution in [1.82, 2.24) is 5.32 Å². The van der Waals surface area contributed by atoms with E-state index in [4.69, 9.17) is 4.74 Å². The Kier molecular flexibility index (Phi) is 6.76. The zero-order valence-electron chi connectivity index (χ0n) is 12.9. The summed E-state index contributed by atoms with van der Waals surface area (Å²) >= 11 is 0. The van der Waals surface area contributed by atoms with E-state index in [-0.39, 0.29) is 0 Å². The van der Waals surface area contributed by atoms with Gasteiger partial charge in [-0.3, -0.25) is 5.32 Å². The molecule has 1 aliphatic rings. The van der Waals surface area contributed by atoms with E-state index in [1.807, 2.05) is 0 Å². The highest BCUT2D eigenvalue weighted by molar-refractivity contribution is 5.67. The molecule has 5 nitrogen and oxygen atoms in total. The molecule has 1 unspecified atom stereocenters. The minimum absolute atomic E-state index is 0.502. The summed E-state index contributed by atoms with van der Waals surface area (Å²) in [6.07, 6.45) is 4.74. The second-order valence-corrected chi connectivity index (χ2v) is 6.74. The summed E-state index contributed by atoms with van der Waals surface area (Å²) < 4.78 is 5.03. The number of carbonyl (C=O) groups excluding carboxylic acids is 1. The number of hydrogen-bond acceptors (Lipinski definition) is 4. The van der Waals surface area contributed by atoms with Crippen molar-refractivity contribution in [2.24, 2.45) is 5.92 Å². The largest absolute Gasteiger partial charge is 0.444 e. The number of alkyl carbamates (subject to hydrolysis) is 1. The average Bonchev–Trinajstić information content (AvgIpc) is 2.34. The molecule has 1 saturated carbocycles. The van der Waals surface area contributed by atoms with E-state index >= 15 is 0 Å². The highest BCUT2D eigenvalue weighted by Gasteiger charge is 2.23. The molecule has 5 heteroatoms. The summed E-state index contributed by atoms with van der Waals surface area (Å²) in [5.74, 6) is 0.645. The highest BCUT2D eigenvalue weighted by atomic mass is 16.6. The molecule has 0 aliphatic heterocycles. The van der Waals surface area contributed by atoms with Gasteiger partial charge in [0, 0.05) is 0 Å². The number of amides is 1. The Morgan fingerprint density at radius 1 is 1.25 bits per heavy atom. The number of nitrogens with one attached hydrogen (secondary N) is 1. The van der Waals surface area contributed by atoms with Crippen molar-refractivity contribution in [3.63, 3.8) is 0 Å². The molecule has 1 rings (SSSR count). The van der Waals surface area contributed by atoms with Crippen molar-refractivity contribution in [2.45, 2.75) is 83.6 Å². The zero-order chi connectivity index (χ0) is 15.2. The van der Waals surface area contributed by atoms with Crippen LogP contribution in [-0.4, -0.2) is 34.2 Å². The monoisotopic (exact) mass is 287 g/mol. The molecule has 0 radical (unpaired) electrons. The van der Waals surface area contributed by atoms with E-state index in [0.717, 1.165) is 6.42 Å². The van der Waals surface area contributed by atoms with Gasteiger partial charge in [0.25, 0.3) is 0 Å². The van der Waals surface area contributed by atoms with Gasteiger partial charge in [0.05, 0.1) is 6.10 Å². The van der Waals surface area contributed by atoms with Crippen LogP contribution in [0.5, 0.6) is 0 Å². The maximum atomic E-state index is 11.5. The maximum absolute atomic E-state index is 11.5. The van der Waals surface area contributed by atoms with Crippen molar-refractivity contribution in [3.05, 3.63) is 0 Å². The van der Waals surface area contributed by atoms with E-state index < -0.39 is 24.0 Å². The molecule has 0 aromatic carbocycles. The molecule has 118 valence electrons. The minimum atomic E-state index is -1.27. The molecule has 0 aromatic heterocycles. The molecule has 0 aromatic rings. The fourth-order valence-electron chi connectivity index (χ4n) is 2.56. The summed E-state index contributed by atoms with van der Waals surface area (Å²) in [5, 5.41) is 21.9. The van der Waals surface area contributed by atoms with E-state index in [2.05, 4.69) is 5.32 Å². The van der Waals surface area contributed by atoms with Crippen LogP contribution in [-0.2, 0) is 4.74 Å². The molecule has 2 atom stereocenters. The quantitative estimate of drug-likeness (QED) is 0.679. The Hall–Kier alpha value is -0.810. The first kappa shape index (κ1) is 17.2. The Bertz CT molecular complexity index is 295. The van der Waals surface area contributed by atoms with E-state index in [1.54, 1.807) is 20.8 Å². The van der Waals surface area contributed by atoms with Crippen LogP contribution in [0.15, 0.2) is 0 Å². The molecule has 0 saturated heterocycles. The molecule has 1 amide bonds. The van der Waals surface area contributed by atoms with Gasteiger partial charge in [-0.15, -0.1) is 0 Å². The number of hydrogen-bond donors (Lipinski definition) is 3. The van der Waals surface area contributed by atoms with E-state index in [9.17, 15) is 15.0 Å². The Morgan fingerprint density at radius 3 is 2.40 bits per heavy atom. The predicted octanol–water partition coefficient (Wildman–Crippen LogP) is 2.55. The van der Waals surface area contributed by atoms with E-state index in [1.165, 1.54) is 32.1 Å². The van der Waals surface area contributed by atoms with Crippen LogP contribution in [0.4, 0.5) is 4.79 Å². The van der Waals surface area contributed by atoms with Crippen LogP contribution in [0.25, 0.3) is 0 Å². The van der Waals surface area contributed by atoms with Crippen molar-refractivity contribution in [3.8, 4) is 0 Å². The third-order valence-electron chi connectivity index (χ3n) is 3.62. The predicted molar refractivity (Wildman–Crippen MR) is 77.2 cm³/mol. The van der Waals surface area contributed by atoms with Crippen molar-refractivity contribution >= 4 is 6.09 Å². The Balaban J connectivity index is 2.24. The Labute approximate surface area is 121 Å². The smallest absolute Gasteiger partial charge is 0.409 e. The van der Waals surface area contributed by atoms with Crippen molar-refractivity contribution in [2.75, 3.05) is 0 Å². The van der Waals surface area contributed by atoms with Gasteiger partial charge in [-0.1, -0.05) is 32.1 Å². The van der Waals surface area contributed by atoms with Crippen LogP contribution < -0.4 is 5.32 Å². The van der Waals surface area contributed by atoms with Crippen molar-refractivity contribution < 1.29 is 19.7 Å². The first-order valence-electron chi connectivity index (χ1n) is 7.63. The minimum Gasteiger partial charge on any atom is -0.444 e. The normalized spacial score (nSPS) is 20.2. The molecule has 1 fully saturated rings. The number of aliphatic hydroxyl groups excluding tert-OH is 2. The highest BCUT2D eigenvalue weighted by Crippen LogP contribution is 2.27. The average molecular weight is 287 g/mol. The van der Waals surface area contributed by atoms with Crippen LogP contribution in [0.1, 0.15) is 65.7 Å². The molecule has 20 heavy (non-hydrogen) atoms. The van der Waals surface area contributed by atoms with Crippen molar-refractivity contribution in [1.29, 1.82) is 0 Å². The fourth-order valence-corrected chi connectivity index (χ4v) is 2.56. The maximum Gasteiger partial charge on any atom is 0.409 e. The first-order chi connectivity index (χ1) is 9.28. The molecular formula is C15H29NO4. The van der Waals surface area contributed by atoms with Crippen LogP contribution in [0.3, 0.4) is 0 Å². The lowest BCUT2D eigenvalue weighted by Gasteiger charge is -2.25.